The molecule has 1 saturated heterocycles. The normalized spacial score (nSPS) is 24.7. The molecule has 3 nitrogen and oxygen atoms in total. The van der Waals surface area contributed by atoms with Crippen LogP contribution < -0.4 is 5.32 Å². The predicted molar refractivity (Wildman–Crippen MR) is 70.8 cm³/mol. The first-order valence-electron chi connectivity index (χ1n) is 5.77. The molecule has 1 unspecified atom stereocenters. The van der Waals surface area contributed by atoms with E-state index in [1.54, 1.807) is 0 Å². The lowest BCUT2D eigenvalue weighted by molar-refractivity contribution is 0.142. The summed E-state index contributed by atoms with van der Waals surface area (Å²) in [5.41, 5.74) is 0.501. The van der Waals surface area contributed by atoms with E-state index < -0.39 is 5.54 Å². The van der Waals surface area contributed by atoms with Gasteiger partial charge in [-0.25, -0.2) is 0 Å². The molecule has 0 aromatic heterocycles. The molecule has 0 radical (unpaired) electrons. The fraction of sp³-hybridized carbons (Fsp3) is 0.462. The summed E-state index contributed by atoms with van der Waals surface area (Å²) in [7, 11) is 0. The molecule has 1 aromatic rings. The lowest BCUT2D eigenvalue weighted by atomic mass is 9.92. The zero-order valence-corrected chi connectivity index (χ0v) is 11.2. The highest BCUT2D eigenvalue weighted by Gasteiger charge is 2.30. The maximum Gasteiger partial charge on any atom is 0.127 e. The van der Waals surface area contributed by atoms with E-state index >= 15 is 0 Å². The number of nitrogens with one attached hydrogen (secondary N) is 1. The van der Waals surface area contributed by atoms with Crippen LogP contribution in [0.5, 0.6) is 0 Å². The van der Waals surface area contributed by atoms with Crippen LogP contribution in [0.1, 0.15) is 19.3 Å². The van der Waals surface area contributed by atoms with Crippen LogP contribution in [0.3, 0.4) is 0 Å². The Balaban J connectivity index is 2.13. The third-order valence-electron chi connectivity index (χ3n) is 3.01. The minimum Gasteiger partial charge on any atom is -0.381 e. The van der Waals surface area contributed by atoms with Gasteiger partial charge in [-0.2, -0.15) is 5.26 Å². The Labute approximate surface area is 110 Å². The molecule has 1 N–H and O–H groups in total. The monoisotopic (exact) mass is 294 g/mol. The van der Waals surface area contributed by atoms with Gasteiger partial charge in [0.05, 0.1) is 6.07 Å². The molecule has 4 heteroatoms. The van der Waals surface area contributed by atoms with Crippen molar-refractivity contribution in [1.29, 1.82) is 5.26 Å². The molecule has 0 saturated carbocycles. The van der Waals surface area contributed by atoms with Crippen LogP contribution in [0.25, 0.3) is 0 Å². The maximum atomic E-state index is 9.41. The van der Waals surface area contributed by atoms with E-state index in [-0.39, 0.29) is 0 Å². The van der Waals surface area contributed by atoms with Crippen LogP contribution in [0.15, 0.2) is 28.7 Å². The highest BCUT2D eigenvalue weighted by atomic mass is 79.9. The van der Waals surface area contributed by atoms with Crippen molar-refractivity contribution in [2.45, 2.75) is 24.8 Å². The maximum absolute atomic E-state index is 9.41. The van der Waals surface area contributed by atoms with Gasteiger partial charge in [-0.1, -0.05) is 15.9 Å². The van der Waals surface area contributed by atoms with Gasteiger partial charge in [-0.15, -0.1) is 0 Å². The molecule has 1 aromatic carbocycles. The largest absolute Gasteiger partial charge is 0.381 e. The summed E-state index contributed by atoms with van der Waals surface area (Å²) in [6, 6.07) is 10.3. The topological polar surface area (TPSA) is 45.0 Å². The highest BCUT2D eigenvalue weighted by Crippen LogP contribution is 2.26. The van der Waals surface area contributed by atoms with E-state index in [4.69, 9.17) is 4.74 Å². The summed E-state index contributed by atoms with van der Waals surface area (Å²) in [4.78, 5) is 0. The lowest BCUT2D eigenvalue weighted by Gasteiger charge is -2.27. The van der Waals surface area contributed by atoms with Crippen LogP contribution in [-0.2, 0) is 4.74 Å². The van der Waals surface area contributed by atoms with Gasteiger partial charge in [0.25, 0.3) is 0 Å². The second-order valence-corrected chi connectivity index (χ2v) is 5.21. The van der Waals surface area contributed by atoms with Crippen molar-refractivity contribution < 1.29 is 4.74 Å². The fourth-order valence-electron chi connectivity index (χ4n) is 2.02. The number of nitriles is 1. The Bertz CT molecular complexity index is 402. The number of halogens is 1. The van der Waals surface area contributed by atoms with Crippen LogP contribution in [-0.4, -0.2) is 18.8 Å². The van der Waals surface area contributed by atoms with Crippen LogP contribution >= 0.6 is 15.9 Å². The van der Waals surface area contributed by atoms with E-state index in [0.29, 0.717) is 6.61 Å². The number of anilines is 1. The standard InChI is InChI=1S/C13H15BrN2O/c14-11-2-4-12(5-3-11)16-13(10-15)6-1-8-17-9-7-13/h2-5,16H,1,6-9H2. The highest BCUT2D eigenvalue weighted by molar-refractivity contribution is 9.10. The molecule has 0 spiro atoms. The van der Waals surface area contributed by atoms with Crippen LogP contribution in [0.2, 0.25) is 0 Å². The Morgan fingerprint density at radius 2 is 2.00 bits per heavy atom. The quantitative estimate of drug-likeness (QED) is 0.910. The number of ether oxygens (including phenoxy) is 1. The molecule has 1 aliphatic heterocycles. The third-order valence-corrected chi connectivity index (χ3v) is 3.54. The average molecular weight is 295 g/mol. The lowest BCUT2D eigenvalue weighted by Crippen LogP contribution is -2.36. The second-order valence-electron chi connectivity index (χ2n) is 4.29. The molecule has 17 heavy (non-hydrogen) atoms. The molecular formula is C13H15BrN2O. The number of nitrogens with zero attached hydrogens (tertiary/aromatic N) is 1. The molecule has 1 fully saturated rings. The summed E-state index contributed by atoms with van der Waals surface area (Å²) in [5, 5.41) is 12.8. The molecule has 0 amide bonds. The predicted octanol–water partition coefficient (Wildman–Crippen LogP) is 3.32. The van der Waals surface area contributed by atoms with Crippen molar-refractivity contribution in [2.75, 3.05) is 18.5 Å². The average Bonchev–Trinajstić information content (AvgIpc) is 2.58. The Morgan fingerprint density at radius 1 is 1.24 bits per heavy atom. The van der Waals surface area contributed by atoms with Crippen molar-refractivity contribution in [2.24, 2.45) is 0 Å². The Morgan fingerprint density at radius 3 is 2.71 bits per heavy atom. The number of hydrogen-bond donors (Lipinski definition) is 1. The van der Waals surface area contributed by atoms with Crippen molar-refractivity contribution in [1.82, 2.24) is 0 Å². The van der Waals surface area contributed by atoms with Gasteiger partial charge >= 0.3 is 0 Å². The minimum absolute atomic E-state index is 0.482. The van der Waals surface area contributed by atoms with E-state index in [2.05, 4.69) is 27.3 Å². The summed E-state index contributed by atoms with van der Waals surface area (Å²) in [6.45, 7) is 1.41. The Hall–Kier alpha value is -1.05. The summed E-state index contributed by atoms with van der Waals surface area (Å²) >= 11 is 3.40. The molecular weight excluding hydrogens is 280 g/mol. The van der Waals surface area contributed by atoms with Crippen molar-refractivity contribution >= 4 is 21.6 Å². The van der Waals surface area contributed by atoms with Gasteiger partial charge in [0.15, 0.2) is 0 Å². The fourth-order valence-corrected chi connectivity index (χ4v) is 2.29. The first kappa shape index (κ1) is 12.4. The SMILES string of the molecule is N#CC1(Nc2ccc(Br)cc2)CCCOCC1. The second kappa shape index (κ2) is 5.52. The summed E-state index contributed by atoms with van der Waals surface area (Å²) < 4.78 is 6.45. The van der Waals surface area contributed by atoms with Gasteiger partial charge in [-0.3, -0.25) is 0 Å². The molecule has 0 bridgehead atoms. The van der Waals surface area contributed by atoms with Gasteiger partial charge in [0.1, 0.15) is 5.54 Å². The first-order chi connectivity index (χ1) is 8.24. The van der Waals surface area contributed by atoms with E-state index in [1.807, 2.05) is 24.3 Å². The zero-order chi connectivity index (χ0) is 12.1. The van der Waals surface area contributed by atoms with Gasteiger partial charge < -0.3 is 10.1 Å². The molecule has 2 rings (SSSR count). The number of benzene rings is 1. The first-order valence-corrected chi connectivity index (χ1v) is 6.56. The van der Waals surface area contributed by atoms with Crippen molar-refractivity contribution in [3.63, 3.8) is 0 Å². The van der Waals surface area contributed by atoms with Gasteiger partial charge in [-0.05, 0) is 37.1 Å². The van der Waals surface area contributed by atoms with E-state index in [9.17, 15) is 5.26 Å². The number of rotatable bonds is 2. The molecule has 1 aliphatic rings. The molecule has 90 valence electrons. The van der Waals surface area contributed by atoms with Crippen molar-refractivity contribution in [3.05, 3.63) is 28.7 Å². The Kier molecular flexibility index (Phi) is 4.03. The number of hydrogen-bond acceptors (Lipinski definition) is 3. The van der Waals surface area contributed by atoms with Crippen molar-refractivity contribution in [3.8, 4) is 6.07 Å². The molecule has 0 aliphatic carbocycles. The summed E-state index contributed by atoms with van der Waals surface area (Å²) in [6.07, 6.45) is 2.50. The van der Waals surface area contributed by atoms with E-state index in [0.717, 1.165) is 36.0 Å². The zero-order valence-electron chi connectivity index (χ0n) is 9.58. The third kappa shape index (κ3) is 3.21. The minimum atomic E-state index is -0.482. The smallest absolute Gasteiger partial charge is 0.127 e. The van der Waals surface area contributed by atoms with Gasteiger partial charge in [0, 0.05) is 29.8 Å². The molecule has 1 atom stereocenters. The van der Waals surface area contributed by atoms with E-state index in [1.165, 1.54) is 0 Å². The summed E-state index contributed by atoms with van der Waals surface area (Å²) in [5.74, 6) is 0. The molecule has 1 heterocycles. The van der Waals surface area contributed by atoms with Crippen LogP contribution in [0.4, 0.5) is 5.69 Å². The van der Waals surface area contributed by atoms with Crippen LogP contribution in [0, 0.1) is 11.3 Å². The van der Waals surface area contributed by atoms with Gasteiger partial charge in [0.2, 0.25) is 0 Å².